The van der Waals surface area contributed by atoms with Gasteiger partial charge in [0.25, 0.3) is 0 Å². The molecule has 2 N–H and O–H groups in total. The summed E-state index contributed by atoms with van der Waals surface area (Å²) in [6.45, 7) is 0.468. The van der Waals surface area contributed by atoms with Crippen molar-refractivity contribution >= 4 is 22.8 Å². The third kappa shape index (κ3) is 1.99. The third-order valence-electron chi connectivity index (χ3n) is 3.69. The second-order valence-electron chi connectivity index (χ2n) is 5.14. The average molecular weight is 262 g/mol. The van der Waals surface area contributed by atoms with Gasteiger partial charge in [-0.2, -0.15) is 0 Å². The van der Waals surface area contributed by atoms with Crippen LogP contribution < -0.4 is 10.7 Å². The summed E-state index contributed by atoms with van der Waals surface area (Å²) in [6.07, 6.45) is 1.44. The SMILES string of the molecule is CN(CC1(C(=O)O)CC1)c1ccc2oc(=O)[nH]c2c1. The molecule has 19 heavy (non-hydrogen) atoms. The van der Waals surface area contributed by atoms with Gasteiger partial charge in [-0.05, 0) is 31.0 Å². The monoisotopic (exact) mass is 262 g/mol. The summed E-state index contributed by atoms with van der Waals surface area (Å²) in [5, 5.41) is 9.19. The van der Waals surface area contributed by atoms with E-state index >= 15 is 0 Å². The fourth-order valence-corrected chi connectivity index (χ4v) is 2.31. The molecule has 0 saturated heterocycles. The molecule has 1 aromatic heterocycles. The van der Waals surface area contributed by atoms with Gasteiger partial charge < -0.3 is 14.4 Å². The normalized spacial score (nSPS) is 16.5. The summed E-state index contributed by atoms with van der Waals surface area (Å²) in [5.74, 6) is -1.23. The number of rotatable bonds is 4. The number of benzene rings is 1. The van der Waals surface area contributed by atoms with Gasteiger partial charge >= 0.3 is 11.7 Å². The van der Waals surface area contributed by atoms with E-state index in [2.05, 4.69) is 4.98 Å². The van der Waals surface area contributed by atoms with Crippen LogP contribution in [0.3, 0.4) is 0 Å². The lowest BCUT2D eigenvalue weighted by atomic mass is 10.1. The Bertz CT molecular complexity index is 696. The Labute approximate surface area is 108 Å². The highest BCUT2D eigenvalue weighted by Crippen LogP contribution is 2.46. The van der Waals surface area contributed by atoms with Crippen LogP contribution in [0.5, 0.6) is 0 Å². The molecule has 1 aliphatic carbocycles. The standard InChI is InChI=1S/C13H14N2O4/c1-15(7-13(4-5-13)11(16)17)8-2-3-10-9(6-8)14-12(18)19-10/h2-3,6H,4-5,7H2,1H3,(H,14,18)(H,16,17). The van der Waals surface area contributed by atoms with Gasteiger partial charge in [-0.1, -0.05) is 0 Å². The fourth-order valence-electron chi connectivity index (χ4n) is 2.31. The quantitative estimate of drug-likeness (QED) is 0.870. The Morgan fingerprint density at radius 3 is 2.89 bits per heavy atom. The van der Waals surface area contributed by atoms with Crippen LogP contribution in [0.1, 0.15) is 12.8 Å². The van der Waals surface area contributed by atoms with Crippen LogP contribution in [0.25, 0.3) is 11.1 Å². The molecule has 1 fully saturated rings. The van der Waals surface area contributed by atoms with Gasteiger partial charge in [-0.15, -0.1) is 0 Å². The van der Waals surface area contributed by atoms with Crippen LogP contribution in [-0.2, 0) is 4.79 Å². The number of aromatic amines is 1. The number of carboxylic acids is 1. The number of aliphatic carboxylic acids is 1. The molecule has 0 unspecified atom stereocenters. The van der Waals surface area contributed by atoms with Gasteiger partial charge in [-0.25, -0.2) is 4.79 Å². The largest absolute Gasteiger partial charge is 0.481 e. The van der Waals surface area contributed by atoms with E-state index in [9.17, 15) is 14.7 Å². The molecule has 1 aromatic carbocycles. The van der Waals surface area contributed by atoms with Crippen molar-refractivity contribution in [1.82, 2.24) is 4.98 Å². The molecule has 0 aliphatic heterocycles. The molecule has 6 heteroatoms. The van der Waals surface area contributed by atoms with Gasteiger partial charge in [0.15, 0.2) is 5.58 Å². The van der Waals surface area contributed by atoms with Crippen molar-refractivity contribution in [3.8, 4) is 0 Å². The second-order valence-corrected chi connectivity index (χ2v) is 5.14. The number of carboxylic acid groups (broad SMARTS) is 1. The summed E-state index contributed by atoms with van der Waals surface area (Å²) in [4.78, 5) is 26.7. The third-order valence-corrected chi connectivity index (χ3v) is 3.69. The molecule has 3 rings (SSSR count). The summed E-state index contributed by atoms with van der Waals surface area (Å²) in [6, 6.07) is 5.31. The van der Waals surface area contributed by atoms with Crippen molar-refractivity contribution in [2.24, 2.45) is 5.41 Å². The number of oxazole rings is 1. The number of hydrogen-bond donors (Lipinski definition) is 2. The molecule has 1 saturated carbocycles. The van der Waals surface area contributed by atoms with Gasteiger partial charge in [0.05, 0.1) is 10.9 Å². The molecule has 0 bridgehead atoms. The molecule has 0 spiro atoms. The minimum Gasteiger partial charge on any atom is -0.481 e. The molecular weight excluding hydrogens is 248 g/mol. The Kier molecular flexibility index (Phi) is 2.41. The zero-order valence-electron chi connectivity index (χ0n) is 10.5. The van der Waals surface area contributed by atoms with Crippen molar-refractivity contribution in [3.63, 3.8) is 0 Å². The lowest BCUT2D eigenvalue weighted by Crippen LogP contribution is -2.31. The van der Waals surface area contributed by atoms with Crippen molar-refractivity contribution in [2.75, 3.05) is 18.5 Å². The Morgan fingerprint density at radius 2 is 2.26 bits per heavy atom. The predicted molar refractivity (Wildman–Crippen MR) is 69.4 cm³/mol. The lowest BCUT2D eigenvalue weighted by Gasteiger charge is -2.23. The average Bonchev–Trinajstić information content (AvgIpc) is 3.03. The number of hydrogen-bond acceptors (Lipinski definition) is 4. The molecule has 100 valence electrons. The van der Waals surface area contributed by atoms with Crippen LogP contribution in [-0.4, -0.2) is 29.7 Å². The number of nitrogens with zero attached hydrogens (tertiary/aromatic N) is 1. The maximum absolute atomic E-state index is 11.2. The van der Waals surface area contributed by atoms with Crippen molar-refractivity contribution in [3.05, 3.63) is 28.7 Å². The smallest absolute Gasteiger partial charge is 0.417 e. The highest BCUT2D eigenvalue weighted by atomic mass is 16.4. The molecule has 6 nitrogen and oxygen atoms in total. The molecular formula is C13H14N2O4. The summed E-state index contributed by atoms with van der Waals surface area (Å²) in [5.41, 5.74) is 1.38. The van der Waals surface area contributed by atoms with E-state index in [1.165, 1.54) is 0 Å². The Balaban J connectivity index is 1.87. The van der Waals surface area contributed by atoms with Crippen molar-refractivity contribution in [1.29, 1.82) is 0 Å². The topological polar surface area (TPSA) is 86.5 Å². The first kappa shape index (κ1) is 11.8. The minimum atomic E-state index is -0.739. The Hall–Kier alpha value is -2.24. The van der Waals surface area contributed by atoms with Gasteiger partial charge in [0.1, 0.15) is 0 Å². The fraction of sp³-hybridized carbons (Fsp3) is 0.385. The van der Waals surface area contributed by atoms with Crippen LogP contribution in [0.2, 0.25) is 0 Å². The van der Waals surface area contributed by atoms with E-state index in [0.29, 0.717) is 17.6 Å². The Morgan fingerprint density at radius 1 is 1.53 bits per heavy atom. The molecule has 0 atom stereocenters. The molecule has 0 radical (unpaired) electrons. The number of fused-ring (bicyclic) bond motifs is 1. The number of anilines is 1. The van der Waals surface area contributed by atoms with Crippen LogP contribution in [0.15, 0.2) is 27.4 Å². The predicted octanol–water partition coefficient (Wildman–Crippen LogP) is 1.42. The van der Waals surface area contributed by atoms with E-state index in [0.717, 1.165) is 18.5 Å². The number of aromatic nitrogens is 1. The van der Waals surface area contributed by atoms with E-state index in [-0.39, 0.29) is 0 Å². The van der Waals surface area contributed by atoms with E-state index in [1.54, 1.807) is 12.1 Å². The van der Waals surface area contributed by atoms with Crippen molar-refractivity contribution in [2.45, 2.75) is 12.8 Å². The van der Waals surface area contributed by atoms with Gasteiger partial charge in [0, 0.05) is 19.3 Å². The summed E-state index contributed by atoms with van der Waals surface area (Å²) < 4.78 is 4.93. The number of carbonyl (C=O) groups is 1. The molecule has 1 heterocycles. The van der Waals surface area contributed by atoms with E-state index < -0.39 is 17.1 Å². The number of nitrogens with one attached hydrogen (secondary N) is 1. The first-order chi connectivity index (χ1) is 9.00. The minimum absolute atomic E-state index is 0.468. The highest BCUT2D eigenvalue weighted by Gasteiger charge is 2.50. The summed E-state index contributed by atoms with van der Waals surface area (Å²) >= 11 is 0. The van der Waals surface area contributed by atoms with Crippen molar-refractivity contribution < 1.29 is 14.3 Å². The summed E-state index contributed by atoms with van der Waals surface area (Å²) in [7, 11) is 1.85. The zero-order chi connectivity index (χ0) is 13.6. The van der Waals surface area contributed by atoms with Crippen LogP contribution >= 0.6 is 0 Å². The molecule has 0 amide bonds. The van der Waals surface area contributed by atoms with Crippen LogP contribution in [0, 0.1) is 5.41 Å². The lowest BCUT2D eigenvalue weighted by molar-refractivity contribution is -0.142. The maximum Gasteiger partial charge on any atom is 0.417 e. The maximum atomic E-state index is 11.2. The van der Waals surface area contributed by atoms with Gasteiger partial charge in [-0.3, -0.25) is 9.78 Å². The number of H-pyrrole nitrogens is 1. The first-order valence-corrected chi connectivity index (χ1v) is 6.08. The molecule has 1 aliphatic rings. The highest BCUT2D eigenvalue weighted by molar-refractivity contribution is 5.80. The first-order valence-electron chi connectivity index (χ1n) is 6.08. The zero-order valence-corrected chi connectivity index (χ0v) is 10.5. The van der Waals surface area contributed by atoms with Crippen LogP contribution in [0.4, 0.5) is 5.69 Å². The second kappa shape index (κ2) is 3.88. The van der Waals surface area contributed by atoms with Gasteiger partial charge in [0.2, 0.25) is 0 Å². The van der Waals surface area contributed by atoms with E-state index in [4.69, 9.17) is 4.42 Å². The molecule has 2 aromatic rings. The van der Waals surface area contributed by atoms with E-state index in [1.807, 2.05) is 18.0 Å².